The molecule has 0 fully saturated rings. The van der Waals surface area contributed by atoms with Crippen LogP contribution >= 0.6 is 11.3 Å². The highest BCUT2D eigenvalue weighted by molar-refractivity contribution is 7.13. The van der Waals surface area contributed by atoms with Crippen molar-refractivity contribution in [1.82, 2.24) is 10.3 Å². The Morgan fingerprint density at radius 3 is 2.71 bits per heavy atom. The van der Waals surface area contributed by atoms with Crippen molar-refractivity contribution in [1.29, 1.82) is 0 Å². The number of aryl methyl sites for hydroxylation is 2. The van der Waals surface area contributed by atoms with Gasteiger partial charge in [-0.15, -0.1) is 11.3 Å². The molecular weight excluding hydrogens is 234 g/mol. The van der Waals surface area contributed by atoms with E-state index in [9.17, 15) is 4.79 Å². The lowest BCUT2D eigenvalue weighted by Crippen LogP contribution is -2.45. The van der Waals surface area contributed by atoms with E-state index in [4.69, 9.17) is 5.73 Å². The number of carbonyl (C=O) groups is 1. The van der Waals surface area contributed by atoms with Crippen molar-refractivity contribution in [3.05, 3.63) is 15.6 Å². The fourth-order valence-electron chi connectivity index (χ4n) is 1.37. The molecule has 0 radical (unpaired) electrons. The van der Waals surface area contributed by atoms with Crippen LogP contribution in [0.1, 0.15) is 47.6 Å². The number of hydrogen-bond acceptors (Lipinski definition) is 4. The monoisotopic (exact) mass is 255 g/mol. The zero-order valence-electron chi connectivity index (χ0n) is 11.0. The van der Waals surface area contributed by atoms with Gasteiger partial charge in [0.05, 0.1) is 10.7 Å². The summed E-state index contributed by atoms with van der Waals surface area (Å²) in [5.41, 5.74) is 6.25. The molecule has 0 aliphatic rings. The molecule has 1 rings (SSSR count). The molecular formula is C12H21N3OS. The maximum absolute atomic E-state index is 11.9. The Kier molecular flexibility index (Phi) is 4.65. The van der Waals surface area contributed by atoms with Gasteiger partial charge in [0.15, 0.2) is 0 Å². The second-order valence-electron chi connectivity index (χ2n) is 4.94. The predicted octanol–water partition coefficient (Wildman–Crippen LogP) is 1.87. The number of nitrogens with two attached hydrogens (primary N) is 1. The Bertz CT molecular complexity index is 393. The first-order valence-electron chi connectivity index (χ1n) is 5.87. The zero-order chi connectivity index (χ0) is 13.1. The van der Waals surface area contributed by atoms with Gasteiger partial charge in [-0.25, -0.2) is 4.98 Å². The van der Waals surface area contributed by atoms with Crippen molar-refractivity contribution in [2.75, 3.05) is 6.54 Å². The molecule has 1 aromatic heterocycles. The zero-order valence-corrected chi connectivity index (χ0v) is 11.8. The first-order chi connectivity index (χ1) is 7.83. The first kappa shape index (κ1) is 14.1. The maximum Gasteiger partial charge on any atom is 0.263 e. The van der Waals surface area contributed by atoms with Gasteiger partial charge in [-0.2, -0.15) is 0 Å². The summed E-state index contributed by atoms with van der Waals surface area (Å²) in [4.78, 5) is 17.0. The number of hydrogen-bond donors (Lipinski definition) is 2. The van der Waals surface area contributed by atoms with Crippen LogP contribution in [0.4, 0.5) is 0 Å². The van der Waals surface area contributed by atoms with Crippen molar-refractivity contribution in [2.45, 2.75) is 46.1 Å². The molecule has 0 spiro atoms. The third kappa shape index (κ3) is 4.44. The molecule has 1 amide bonds. The van der Waals surface area contributed by atoms with Crippen molar-refractivity contribution < 1.29 is 4.79 Å². The minimum atomic E-state index is -0.388. The molecule has 0 aliphatic carbocycles. The van der Waals surface area contributed by atoms with Gasteiger partial charge in [-0.3, -0.25) is 4.79 Å². The highest BCUT2D eigenvalue weighted by atomic mass is 32.1. The highest BCUT2D eigenvalue weighted by Crippen LogP contribution is 2.19. The molecule has 0 aliphatic heterocycles. The second-order valence-corrected chi connectivity index (χ2v) is 6.03. The normalized spacial score (nSPS) is 11.6. The lowest BCUT2D eigenvalue weighted by atomic mass is 10.1. The molecule has 3 N–H and O–H groups in total. The van der Waals surface area contributed by atoms with E-state index in [1.54, 1.807) is 0 Å². The summed E-state index contributed by atoms with van der Waals surface area (Å²) in [6.07, 6.45) is 1.98. The van der Waals surface area contributed by atoms with E-state index in [0.717, 1.165) is 23.5 Å². The van der Waals surface area contributed by atoms with E-state index in [0.29, 0.717) is 11.4 Å². The van der Waals surface area contributed by atoms with Crippen molar-refractivity contribution >= 4 is 17.2 Å². The van der Waals surface area contributed by atoms with Gasteiger partial charge in [0, 0.05) is 12.1 Å². The van der Waals surface area contributed by atoms with Crippen LogP contribution in [0.25, 0.3) is 0 Å². The number of aromatic nitrogens is 1. The number of nitrogens with zero attached hydrogens (tertiary/aromatic N) is 1. The van der Waals surface area contributed by atoms with Gasteiger partial charge in [-0.1, -0.05) is 6.92 Å². The Morgan fingerprint density at radius 2 is 2.18 bits per heavy atom. The summed E-state index contributed by atoms with van der Waals surface area (Å²) in [5.74, 6) is -0.0686. The van der Waals surface area contributed by atoms with Crippen molar-refractivity contribution in [3.63, 3.8) is 0 Å². The van der Waals surface area contributed by atoms with Crippen LogP contribution in [-0.4, -0.2) is 23.0 Å². The molecule has 4 nitrogen and oxygen atoms in total. The maximum atomic E-state index is 11.9. The van der Waals surface area contributed by atoms with Gasteiger partial charge >= 0.3 is 0 Å². The van der Waals surface area contributed by atoms with E-state index in [1.807, 2.05) is 20.8 Å². The topological polar surface area (TPSA) is 68.0 Å². The van der Waals surface area contributed by atoms with Crippen molar-refractivity contribution in [3.8, 4) is 0 Å². The third-order valence-corrected chi connectivity index (χ3v) is 3.43. The van der Waals surface area contributed by atoms with E-state index < -0.39 is 0 Å². The number of carbonyl (C=O) groups excluding carboxylic acids is 1. The van der Waals surface area contributed by atoms with E-state index in [-0.39, 0.29) is 11.4 Å². The fraction of sp³-hybridized carbons (Fsp3) is 0.667. The molecule has 17 heavy (non-hydrogen) atoms. The molecule has 0 saturated carbocycles. The second kappa shape index (κ2) is 5.60. The summed E-state index contributed by atoms with van der Waals surface area (Å²) in [7, 11) is 0. The summed E-state index contributed by atoms with van der Waals surface area (Å²) in [6.45, 7) is 8.21. The van der Waals surface area contributed by atoms with Gasteiger partial charge < -0.3 is 11.1 Å². The van der Waals surface area contributed by atoms with Crippen molar-refractivity contribution in [2.24, 2.45) is 5.73 Å². The van der Waals surface area contributed by atoms with Crippen LogP contribution < -0.4 is 11.1 Å². The summed E-state index contributed by atoms with van der Waals surface area (Å²) < 4.78 is 0. The molecule has 0 aromatic carbocycles. The van der Waals surface area contributed by atoms with Crippen LogP contribution in [0.3, 0.4) is 0 Å². The molecule has 96 valence electrons. The molecule has 0 bridgehead atoms. The van der Waals surface area contributed by atoms with Crippen LogP contribution in [0.5, 0.6) is 0 Å². The quantitative estimate of drug-likeness (QED) is 0.844. The smallest absolute Gasteiger partial charge is 0.263 e. The molecule has 0 atom stereocenters. The van der Waals surface area contributed by atoms with Gasteiger partial charge in [-0.05, 0) is 33.6 Å². The molecule has 5 heteroatoms. The SMILES string of the molecule is CCCc1nc(C)c(C(=O)NCC(C)(C)N)s1. The standard InChI is InChI=1S/C12H21N3OS/c1-5-6-9-15-8(2)10(17-9)11(16)14-7-12(3,4)13/h5-7,13H2,1-4H3,(H,14,16). The summed E-state index contributed by atoms with van der Waals surface area (Å²) >= 11 is 1.48. The predicted molar refractivity (Wildman–Crippen MR) is 71.4 cm³/mol. The van der Waals surface area contributed by atoms with Crippen LogP contribution in [0, 0.1) is 6.92 Å². The average molecular weight is 255 g/mol. The van der Waals surface area contributed by atoms with Gasteiger partial charge in [0.1, 0.15) is 4.88 Å². The Morgan fingerprint density at radius 1 is 1.53 bits per heavy atom. The molecule has 0 unspecified atom stereocenters. The third-order valence-electron chi connectivity index (χ3n) is 2.22. The van der Waals surface area contributed by atoms with Crippen LogP contribution in [0.15, 0.2) is 0 Å². The largest absolute Gasteiger partial charge is 0.349 e. The minimum absolute atomic E-state index is 0.0686. The van der Waals surface area contributed by atoms with E-state index in [2.05, 4.69) is 17.2 Å². The molecule has 1 heterocycles. The molecule has 0 saturated heterocycles. The lowest BCUT2D eigenvalue weighted by Gasteiger charge is -2.18. The van der Waals surface area contributed by atoms with Crippen LogP contribution in [0.2, 0.25) is 0 Å². The summed E-state index contributed by atoms with van der Waals surface area (Å²) in [5, 5.41) is 3.87. The first-order valence-corrected chi connectivity index (χ1v) is 6.68. The number of rotatable bonds is 5. The number of thiazole rings is 1. The summed E-state index contributed by atoms with van der Waals surface area (Å²) in [6, 6.07) is 0. The van der Waals surface area contributed by atoms with Crippen LogP contribution in [-0.2, 0) is 6.42 Å². The Labute approximate surface area is 107 Å². The minimum Gasteiger partial charge on any atom is -0.349 e. The van der Waals surface area contributed by atoms with Gasteiger partial charge in [0.2, 0.25) is 0 Å². The Balaban J connectivity index is 2.68. The Hall–Kier alpha value is -0.940. The van der Waals surface area contributed by atoms with E-state index >= 15 is 0 Å². The molecule has 1 aromatic rings. The number of amides is 1. The highest BCUT2D eigenvalue weighted by Gasteiger charge is 2.17. The lowest BCUT2D eigenvalue weighted by molar-refractivity contribution is 0.0949. The number of nitrogens with one attached hydrogen (secondary N) is 1. The van der Waals surface area contributed by atoms with E-state index in [1.165, 1.54) is 11.3 Å². The average Bonchev–Trinajstić information content (AvgIpc) is 2.55. The van der Waals surface area contributed by atoms with Gasteiger partial charge in [0.25, 0.3) is 5.91 Å². The fourth-order valence-corrected chi connectivity index (χ4v) is 2.45.